The van der Waals surface area contributed by atoms with E-state index < -0.39 is 12.0 Å². The van der Waals surface area contributed by atoms with Crippen molar-refractivity contribution in [3.63, 3.8) is 0 Å². The van der Waals surface area contributed by atoms with Crippen molar-refractivity contribution in [2.45, 2.75) is 12.6 Å². The fourth-order valence-electron chi connectivity index (χ4n) is 1.87. The summed E-state index contributed by atoms with van der Waals surface area (Å²) in [6.45, 7) is 0.753. The highest BCUT2D eigenvalue weighted by atomic mass is 35.5. The van der Waals surface area contributed by atoms with Gasteiger partial charge in [0.15, 0.2) is 0 Å². The van der Waals surface area contributed by atoms with Crippen molar-refractivity contribution in [2.24, 2.45) is 5.73 Å². The van der Waals surface area contributed by atoms with Gasteiger partial charge in [0.1, 0.15) is 6.04 Å². The summed E-state index contributed by atoms with van der Waals surface area (Å²) < 4.78 is 4.62. The lowest BCUT2D eigenvalue weighted by Gasteiger charge is -2.11. The third kappa shape index (κ3) is 4.77. The van der Waals surface area contributed by atoms with Gasteiger partial charge < -0.3 is 15.8 Å². The van der Waals surface area contributed by atoms with Crippen molar-refractivity contribution in [3.8, 4) is 0 Å². The number of methoxy groups -OCH3 is 1. The second-order valence-corrected chi connectivity index (χ2v) is 4.46. The number of hydrogen-bond acceptors (Lipinski definition) is 4. The van der Waals surface area contributed by atoms with Gasteiger partial charge in [-0.3, -0.25) is 4.79 Å². The Hall–Kier alpha value is -2.04. The predicted molar refractivity (Wildman–Crippen MR) is 86.4 cm³/mol. The van der Waals surface area contributed by atoms with Crippen molar-refractivity contribution < 1.29 is 9.53 Å². The van der Waals surface area contributed by atoms with Gasteiger partial charge in [-0.15, -0.1) is 12.4 Å². The number of carbonyl (C=O) groups is 1. The Labute approximate surface area is 130 Å². The van der Waals surface area contributed by atoms with Crippen LogP contribution in [0, 0.1) is 0 Å². The SMILES string of the molecule is COC(=O)[C@@H](N)c1ccc(NCc2ccccc2)cc1.Cl. The number of esters is 1. The molecule has 0 spiro atoms. The van der Waals surface area contributed by atoms with E-state index in [0.717, 1.165) is 17.8 Å². The van der Waals surface area contributed by atoms with Gasteiger partial charge in [0.05, 0.1) is 7.11 Å². The summed E-state index contributed by atoms with van der Waals surface area (Å²) in [6.07, 6.45) is 0. The van der Waals surface area contributed by atoms with Crippen LogP contribution in [-0.4, -0.2) is 13.1 Å². The number of benzene rings is 2. The van der Waals surface area contributed by atoms with Crippen LogP contribution in [0.1, 0.15) is 17.2 Å². The predicted octanol–water partition coefficient (Wildman–Crippen LogP) is 2.89. The number of halogens is 1. The van der Waals surface area contributed by atoms with Gasteiger partial charge >= 0.3 is 5.97 Å². The summed E-state index contributed by atoms with van der Waals surface area (Å²) in [5.41, 5.74) is 8.70. The van der Waals surface area contributed by atoms with Crippen LogP contribution in [0.4, 0.5) is 5.69 Å². The molecular weight excluding hydrogens is 288 g/mol. The van der Waals surface area contributed by atoms with Gasteiger partial charge in [-0.1, -0.05) is 42.5 Å². The second-order valence-electron chi connectivity index (χ2n) is 4.46. The van der Waals surface area contributed by atoms with Crippen LogP contribution in [0.5, 0.6) is 0 Å². The van der Waals surface area contributed by atoms with E-state index in [1.54, 1.807) is 0 Å². The normalized spacial score (nSPS) is 11.1. The lowest BCUT2D eigenvalue weighted by molar-refractivity contribution is -0.142. The molecule has 21 heavy (non-hydrogen) atoms. The van der Waals surface area contributed by atoms with Crippen molar-refractivity contribution in [1.29, 1.82) is 0 Å². The Bertz CT molecular complexity index is 558. The van der Waals surface area contributed by atoms with Crippen molar-refractivity contribution in [1.82, 2.24) is 0 Å². The van der Waals surface area contributed by atoms with Crippen LogP contribution in [0.25, 0.3) is 0 Å². The zero-order chi connectivity index (χ0) is 14.4. The Morgan fingerprint density at radius 3 is 2.33 bits per heavy atom. The molecule has 1 atom stereocenters. The Kier molecular flexibility index (Phi) is 6.72. The molecule has 4 nitrogen and oxygen atoms in total. The van der Waals surface area contributed by atoms with E-state index >= 15 is 0 Å². The molecule has 0 unspecified atom stereocenters. The highest BCUT2D eigenvalue weighted by Crippen LogP contribution is 2.16. The van der Waals surface area contributed by atoms with E-state index in [9.17, 15) is 4.79 Å². The minimum Gasteiger partial charge on any atom is -0.468 e. The number of rotatable bonds is 5. The van der Waals surface area contributed by atoms with Crippen LogP contribution < -0.4 is 11.1 Å². The van der Waals surface area contributed by atoms with E-state index in [4.69, 9.17) is 5.73 Å². The highest BCUT2D eigenvalue weighted by molar-refractivity contribution is 5.85. The molecule has 0 aliphatic heterocycles. The van der Waals surface area contributed by atoms with E-state index in [1.165, 1.54) is 12.7 Å². The third-order valence-corrected chi connectivity index (χ3v) is 3.06. The first-order chi connectivity index (χ1) is 9.70. The number of hydrogen-bond donors (Lipinski definition) is 2. The number of ether oxygens (including phenoxy) is 1. The fourth-order valence-corrected chi connectivity index (χ4v) is 1.87. The zero-order valence-electron chi connectivity index (χ0n) is 11.8. The molecule has 3 N–H and O–H groups in total. The average Bonchev–Trinajstić information content (AvgIpc) is 2.53. The van der Waals surface area contributed by atoms with Crippen molar-refractivity contribution in [2.75, 3.05) is 12.4 Å². The summed E-state index contributed by atoms with van der Waals surface area (Å²) in [4.78, 5) is 11.3. The van der Waals surface area contributed by atoms with Crippen molar-refractivity contribution >= 4 is 24.1 Å². The standard InChI is InChI=1S/C16H18N2O2.ClH/c1-20-16(19)15(17)13-7-9-14(10-8-13)18-11-12-5-3-2-4-6-12;/h2-10,15,18H,11,17H2,1H3;1H/t15-;/m0./s1. The largest absolute Gasteiger partial charge is 0.468 e. The topological polar surface area (TPSA) is 64.3 Å². The Morgan fingerprint density at radius 1 is 1.14 bits per heavy atom. The molecule has 0 fully saturated rings. The van der Waals surface area contributed by atoms with Crippen LogP contribution in [-0.2, 0) is 16.1 Å². The van der Waals surface area contributed by atoms with Crippen LogP contribution >= 0.6 is 12.4 Å². The molecule has 5 heteroatoms. The molecular formula is C16H19ClN2O2. The summed E-state index contributed by atoms with van der Waals surface area (Å²) in [5, 5.41) is 3.31. The lowest BCUT2D eigenvalue weighted by atomic mass is 10.1. The molecule has 0 saturated heterocycles. The van der Waals surface area contributed by atoms with Gasteiger partial charge in [-0.25, -0.2) is 0 Å². The summed E-state index contributed by atoms with van der Waals surface area (Å²) in [7, 11) is 1.33. The van der Waals surface area contributed by atoms with E-state index in [1.807, 2.05) is 42.5 Å². The third-order valence-electron chi connectivity index (χ3n) is 3.06. The summed E-state index contributed by atoms with van der Waals surface area (Å²) >= 11 is 0. The molecule has 2 aromatic rings. The van der Waals surface area contributed by atoms with Gasteiger partial charge in [0.25, 0.3) is 0 Å². The maximum absolute atomic E-state index is 11.3. The molecule has 0 heterocycles. The first kappa shape index (κ1) is 17.0. The molecule has 0 radical (unpaired) electrons. The zero-order valence-corrected chi connectivity index (χ0v) is 12.6. The number of carbonyl (C=O) groups excluding carboxylic acids is 1. The molecule has 2 aromatic carbocycles. The fraction of sp³-hybridized carbons (Fsp3) is 0.188. The Balaban J connectivity index is 0.00000220. The molecule has 112 valence electrons. The summed E-state index contributed by atoms with van der Waals surface area (Å²) in [5.74, 6) is -0.435. The molecule has 0 bridgehead atoms. The van der Waals surface area contributed by atoms with Crippen LogP contribution in [0.2, 0.25) is 0 Å². The maximum Gasteiger partial charge on any atom is 0.327 e. The molecule has 2 rings (SSSR count). The lowest BCUT2D eigenvalue weighted by Crippen LogP contribution is -2.22. The molecule has 0 aliphatic rings. The van der Waals surface area contributed by atoms with E-state index in [2.05, 4.69) is 22.2 Å². The minimum atomic E-state index is -0.733. The second kappa shape index (κ2) is 8.29. The van der Waals surface area contributed by atoms with E-state index in [-0.39, 0.29) is 12.4 Å². The van der Waals surface area contributed by atoms with Gasteiger partial charge in [-0.2, -0.15) is 0 Å². The van der Waals surface area contributed by atoms with Gasteiger partial charge in [0.2, 0.25) is 0 Å². The molecule has 0 aromatic heterocycles. The average molecular weight is 307 g/mol. The van der Waals surface area contributed by atoms with Crippen molar-refractivity contribution in [3.05, 3.63) is 65.7 Å². The number of anilines is 1. The minimum absolute atomic E-state index is 0. The first-order valence-electron chi connectivity index (χ1n) is 6.42. The molecule has 0 amide bonds. The van der Waals surface area contributed by atoms with Crippen LogP contribution in [0.15, 0.2) is 54.6 Å². The highest BCUT2D eigenvalue weighted by Gasteiger charge is 2.15. The van der Waals surface area contributed by atoms with E-state index in [0.29, 0.717) is 0 Å². The quantitative estimate of drug-likeness (QED) is 0.834. The Morgan fingerprint density at radius 2 is 1.76 bits per heavy atom. The molecule has 0 saturated carbocycles. The maximum atomic E-state index is 11.3. The van der Waals surface area contributed by atoms with Gasteiger partial charge in [0, 0.05) is 12.2 Å². The summed E-state index contributed by atoms with van der Waals surface area (Å²) in [6, 6.07) is 16.9. The van der Waals surface area contributed by atoms with Crippen LogP contribution in [0.3, 0.4) is 0 Å². The monoisotopic (exact) mass is 306 g/mol. The number of nitrogens with one attached hydrogen (secondary N) is 1. The smallest absolute Gasteiger partial charge is 0.327 e. The number of nitrogens with two attached hydrogens (primary N) is 1. The first-order valence-corrected chi connectivity index (χ1v) is 6.42. The molecule has 0 aliphatic carbocycles. The van der Waals surface area contributed by atoms with Gasteiger partial charge in [-0.05, 0) is 23.3 Å².